The van der Waals surface area contributed by atoms with Gasteiger partial charge in [-0.3, -0.25) is 10.1 Å². The first kappa shape index (κ1) is 18.5. The standard InChI is InChI=1S/C22H20N2O6/c1-27-21(25)12-3-5-13-14-9-16(22(26)28-2)24-19(20(14)23-15(13)7-12)11-4-6-17-18(8-11)30-10-29-17/h3-8,16,19,23-24H,9-10H2,1-2H3/t16-,19?/m1/s1. The van der Waals surface area contributed by atoms with Crippen molar-refractivity contribution in [1.82, 2.24) is 10.3 Å². The summed E-state index contributed by atoms with van der Waals surface area (Å²) in [4.78, 5) is 27.8. The molecule has 0 aliphatic carbocycles. The number of hydrogen-bond donors (Lipinski definition) is 2. The third-order valence-electron chi connectivity index (χ3n) is 5.64. The summed E-state index contributed by atoms with van der Waals surface area (Å²) in [5, 5.41) is 4.34. The number of carbonyl (C=O) groups excluding carboxylic acids is 2. The van der Waals surface area contributed by atoms with Crippen LogP contribution < -0.4 is 14.8 Å². The lowest BCUT2D eigenvalue weighted by molar-refractivity contribution is -0.143. The van der Waals surface area contributed by atoms with Crippen molar-refractivity contribution in [3.8, 4) is 11.5 Å². The highest BCUT2D eigenvalue weighted by atomic mass is 16.7. The third-order valence-corrected chi connectivity index (χ3v) is 5.64. The normalized spacial score (nSPS) is 19.4. The summed E-state index contributed by atoms with van der Waals surface area (Å²) >= 11 is 0. The molecule has 0 amide bonds. The molecule has 1 unspecified atom stereocenters. The highest BCUT2D eigenvalue weighted by molar-refractivity contribution is 5.96. The van der Waals surface area contributed by atoms with Gasteiger partial charge in [-0.25, -0.2) is 4.79 Å². The number of H-pyrrole nitrogens is 1. The number of ether oxygens (including phenoxy) is 4. The van der Waals surface area contributed by atoms with E-state index in [9.17, 15) is 9.59 Å². The molecule has 2 N–H and O–H groups in total. The maximum Gasteiger partial charge on any atom is 0.337 e. The van der Waals surface area contributed by atoms with Crippen molar-refractivity contribution in [2.45, 2.75) is 18.5 Å². The molecule has 0 fully saturated rings. The molecule has 2 aromatic carbocycles. The molecule has 0 saturated heterocycles. The highest BCUT2D eigenvalue weighted by Crippen LogP contribution is 2.39. The van der Waals surface area contributed by atoms with Crippen molar-refractivity contribution in [2.24, 2.45) is 0 Å². The van der Waals surface area contributed by atoms with Gasteiger partial charge in [0.15, 0.2) is 11.5 Å². The molecule has 3 heterocycles. The number of benzene rings is 2. The number of hydrogen-bond acceptors (Lipinski definition) is 7. The van der Waals surface area contributed by atoms with Gasteiger partial charge < -0.3 is 23.9 Å². The summed E-state index contributed by atoms with van der Waals surface area (Å²) in [5.74, 6) is 0.632. The molecule has 1 aromatic heterocycles. The molecule has 2 aliphatic heterocycles. The van der Waals surface area contributed by atoms with Crippen LogP contribution in [0.1, 0.15) is 33.2 Å². The van der Waals surface area contributed by atoms with E-state index >= 15 is 0 Å². The first-order valence-corrected chi connectivity index (χ1v) is 9.55. The Labute approximate surface area is 172 Å². The van der Waals surface area contributed by atoms with E-state index in [1.165, 1.54) is 14.2 Å². The zero-order valence-electron chi connectivity index (χ0n) is 16.5. The fraction of sp³-hybridized carbons (Fsp3) is 0.273. The van der Waals surface area contributed by atoms with Crippen molar-refractivity contribution >= 4 is 22.8 Å². The minimum absolute atomic E-state index is 0.190. The summed E-state index contributed by atoms with van der Waals surface area (Å²) in [6.45, 7) is 0.190. The van der Waals surface area contributed by atoms with E-state index in [1.807, 2.05) is 24.3 Å². The van der Waals surface area contributed by atoms with Crippen molar-refractivity contribution in [1.29, 1.82) is 0 Å². The Hall–Kier alpha value is -3.52. The van der Waals surface area contributed by atoms with Crippen LogP contribution >= 0.6 is 0 Å². The van der Waals surface area contributed by atoms with Crippen molar-refractivity contribution in [3.05, 3.63) is 58.8 Å². The molecule has 2 atom stereocenters. The van der Waals surface area contributed by atoms with Crippen molar-refractivity contribution in [2.75, 3.05) is 21.0 Å². The van der Waals surface area contributed by atoms with Gasteiger partial charge in [-0.1, -0.05) is 12.1 Å². The van der Waals surface area contributed by atoms with Crippen LogP contribution in [0.5, 0.6) is 11.5 Å². The minimum atomic E-state index is -0.503. The lowest BCUT2D eigenvalue weighted by atomic mass is 9.90. The maximum atomic E-state index is 12.4. The zero-order chi connectivity index (χ0) is 20.8. The van der Waals surface area contributed by atoms with E-state index in [2.05, 4.69) is 10.3 Å². The first-order chi connectivity index (χ1) is 14.6. The molecular formula is C22H20N2O6. The van der Waals surface area contributed by atoms with Gasteiger partial charge in [0.05, 0.1) is 25.8 Å². The molecule has 0 radical (unpaired) electrons. The molecule has 0 bridgehead atoms. The number of esters is 2. The molecule has 5 rings (SSSR count). The fourth-order valence-electron chi connectivity index (χ4n) is 4.18. The molecular weight excluding hydrogens is 388 g/mol. The first-order valence-electron chi connectivity index (χ1n) is 9.55. The molecule has 0 saturated carbocycles. The Kier molecular flexibility index (Phi) is 4.36. The van der Waals surface area contributed by atoms with Crippen LogP contribution in [0.4, 0.5) is 0 Å². The smallest absolute Gasteiger partial charge is 0.337 e. The number of fused-ring (bicyclic) bond motifs is 4. The number of aromatic nitrogens is 1. The Morgan fingerprint density at radius 3 is 2.67 bits per heavy atom. The minimum Gasteiger partial charge on any atom is -0.468 e. The van der Waals surface area contributed by atoms with Crippen LogP contribution in [0.2, 0.25) is 0 Å². The lowest BCUT2D eigenvalue weighted by Crippen LogP contribution is -2.45. The number of methoxy groups -OCH3 is 2. The molecule has 2 aliphatic rings. The van der Waals surface area contributed by atoms with Crippen LogP contribution in [0.25, 0.3) is 10.9 Å². The van der Waals surface area contributed by atoms with Crippen molar-refractivity contribution < 1.29 is 28.5 Å². The van der Waals surface area contributed by atoms with Crippen LogP contribution in [-0.2, 0) is 20.7 Å². The fourth-order valence-corrected chi connectivity index (χ4v) is 4.18. The van der Waals surface area contributed by atoms with Crippen LogP contribution in [0, 0.1) is 0 Å². The van der Waals surface area contributed by atoms with E-state index < -0.39 is 12.0 Å². The van der Waals surface area contributed by atoms with Gasteiger partial charge in [0, 0.05) is 23.0 Å². The van der Waals surface area contributed by atoms with Gasteiger partial charge in [0.1, 0.15) is 6.04 Å². The Morgan fingerprint density at radius 1 is 1.03 bits per heavy atom. The predicted octanol–water partition coefficient (Wildman–Crippen LogP) is 2.46. The topological polar surface area (TPSA) is 98.9 Å². The predicted molar refractivity (Wildman–Crippen MR) is 107 cm³/mol. The average Bonchev–Trinajstić information content (AvgIpc) is 3.40. The lowest BCUT2D eigenvalue weighted by Gasteiger charge is -2.30. The van der Waals surface area contributed by atoms with E-state index in [0.29, 0.717) is 23.5 Å². The summed E-state index contributed by atoms with van der Waals surface area (Å²) in [6.07, 6.45) is 0.473. The SMILES string of the molecule is COC(=O)c1ccc2c3c([nH]c2c1)C(c1ccc2c(c1)OCO2)N[C@@H](C(=O)OC)C3. The number of carbonyl (C=O) groups is 2. The monoisotopic (exact) mass is 408 g/mol. The summed E-state index contributed by atoms with van der Waals surface area (Å²) in [5.41, 5.74) is 4.14. The van der Waals surface area contributed by atoms with Gasteiger partial charge in [0.25, 0.3) is 0 Å². The molecule has 8 nitrogen and oxygen atoms in total. The summed E-state index contributed by atoms with van der Waals surface area (Å²) < 4.78 is 20.8. The van der Waals surface area contributed by atoms with E-state index in [4.69, 9.17) is 18.9 Å². The quantitative estimate of drug-likeness (QED) is 0.643. The van der Waals surface area contributed by atoms with Gasteiger partial charge >= 0.3 is 11.9 Å². The molecule has 154 valence electrons. The Bertz CT molecular complexity index is 1170. The third kappa shape index (κ3) is 2.88. The van der Waals surface area contributed by atoms with Crippen LogP contribution in [0.3, 0.4) is 0 Å². The van der Waals surface area contributed by atoms with E-state index in [0.717, 1.165) is 27.7 Å². The van der Waals surface area contributed by atoms with Crippen LogP contribution in [0.15, 0.2) is 36.4 Å². The van der Waals surface area contributed by atoms with Crippen LogP contribution in [-0.4, -0.2) is 44.0 Å². The van der Waals surface area contributed by atoms with Gasteiger partial charge in [-0.15, -0.1) is 0 Å². The molecule has 8 heteroatoms. The number of rotatable bonds is 3. The van der Waals surface area contributed by atoms with Gasteiger partial charge in [0.2, 0.25) is 6.79 Å². The second-order valence-corrected chi connectivity index (χ2v) is 7.26. The highest BCUT2D eigenvalue weighted by Gasteiger charge is 2.35. The largest absolute Gasteiger partial charge is 0.468 e. The maximum absolute atomic E-state index is 12.4. The van der Waals surface area contributed by atoms with E-state index in [-0.39, 0.29) is 18.8 Å². The van der Waals surface area contributed by atoms with Crippen molar-refractivity contribution in [3.63, 3.8) is 0 Å². The molecule has 30 heavy (non-hydrogen) atoms. The Morgan fingerprint density at radius 2 is 1.87 bits per heavy atom. The summed E-state index contributed by atoms with van der Waals surface area (Å²) in [7, 11) is 2.74. The number of nitrogens with one attached hydrogen (secondary N) is 2. The second kappa shape index (κ2) is 7.07. The van der Waals surface area contributed by atoms with E-state index in [1.54, 1.807) is 12.1 Å². The van der Waals surface area contributed by atoms with Gasteiger partial charge in [-0.05, 0) is 35.4 Å². The average molecular weight is 408 g/mol. The number of aromatic amines is 1. The second-order valence-electron chi connectivity index (χ2n) is 7.26. The molecule has 0 spiro atoms. The zero-order valence-corrected chi connectivity index (χ0v) is 16.5. The molecule has 3 aromatic rings. The van der Waals surface area contributed by atoms with Gasteiger partial charge in [-0.2, -0.15) is 0 Å². The Balaban J connectivity index is 1.64. The summed E-state index contributed by atoms with van der Waals surface area (Å²) in [6, 6.07) is 10.3.